The van der Waals surface area contributed by atoms with Crippen molar-refractivity contribution < 1.29 is 36.3 Å². The lowest BCUT2D eigenvalue weighted by Crippen LogP contribution is -2.38. The highest BCUT2D eigenvalue weighted by Crippen LogP contribution is 2.44. The lowest BCUT2D eigenvalue weighted by molar-refractivity contribution is -0.143. The minimum Gasteiger partial charge on any atom is -0.466 e. The smallest absolute Gasteiger partial charge is 0.419 e. The fourth-order valence-corrected chi connectivity index (χ4v) is 7.06. The highest BCUT2D eigenvalue weighted by Gasteiger charge is 2.40. The van der Waals surface area contributed by atoms with Crippen LogP contribution in [0.1, 0.15) is 91.8 Å². The molecule has 0 aliphatic carbocycles. The first-order chi connectivity index (χ1) is 23.4. The Bertz CT molecular complexity index is 1780. The first-order valence-electron chi connectivity index (χ1n) is 16.9. The summed E-state index contributed by atoms with van der Waals surface area (Å²) in [5.41, 5.74) is -1.39. The number of hydrogen-bond acceptors (Lipinski definition) is 5. The highest BCUT2D eigenvalue weighted by atomic mass is 35.5. The van der Waals surface area contributed by atoms with E-state index >= 15 is 8.78 Å². The maximum absolute atomic E-state index is 16.7. The molecule has 1 unspecified atom stereocenters. The zero-order valence-corrected chi connectivity index (χ0v) is 30.0. The largest absolute Gasteiger partial charge is 0.466 e. The van der Waals surface area contributed by atoms with Gasteiger partial charge in [0, 0.05) is 47.3 Å². The number of benzene rings is 2. The van der Waals surface area contributed by atoms with Crippen LogP contribution in [0.2, 0.25) is 5.02 Å². The maximum Gasteiger partial charge on any atom is 0.419 e. The summed E-state index contributed by atoms with van der Waals surface area (Å²) in [5.74, 6) is -6.63. The van der Waals surface area contributed by atoms with Crippen molar-refractivity contribution in [3.8, 4) is 11.1 Å². The predicted octanol–water partition coefficient (Wildman–Crippen LogP) is 8.92. The van der Waals surface area contributed by atoms with Crippen molar-refractivity contribution in [3.05, 3.63) is 90.9 Å². The Morgan fingerprint density at radius 2 is 1.60 bits per heavy atom. The quantitative estimate of drug-likeness (QED) is 0.123. The van der Waals surface area contributed by atoms with E-state index in [9.17, 15) is 27.6 Å². The second-order valence-corrected chi connectivity index (χ2v) is 14.1. The monoisotopic (exact) mass is 722 g/mol. The molecule has 12 heteroatoms. The summed E-state index contributed by atoms with van der Waals surface area (Å²) in [4.78, 5) is 42.8. The van der Waals surface area contributed by atoms with E-state index in [0.29, 0.717) is 23.6 Å². The highest BCUT2D eigenvalue weighted by molar-refractivity contribution is 6.30. The van der Waals surface area contributed by atoms with Crippen molar-refractivity contribution in [1.29, 1.82) is 0 Å². The number of carbonyl (C=O) groups excluding carboxylic acids is 2. The molecule has 1 fully saturated rings. The molecule has 4 rings (SSSR count). The second-order valence-electron chi connectivity index (χ2n) is 13.6. The first kappa shape index (κ1) is 39.2. The van der Waals surface area contributed by atoms with E-state index in [0.717, 1.165) is 37.2 Å². The molecule has 2 aromatic carbocycles. The molecule has 0 bridgehead atoms. The van der Waals surface area contributed by atoms with Gasteiger partial charge in [-0.25, -0.2) is 8.78 Å². The number of aromatic nitrogens is 1. The van der Waals surface area contributed by atoms with Gasteiger partial charge in [-0.05, 0) is 112 Å². The average molecular weight is 723 g/mol. The summed E-state index contributed by atoms with van der Waals surface area (Å²) in [6.07, 6.45) is -3.19. The Balaban J connectivity index is 1.87. The summed E-state index contributed by atoms with van der Waals surface area (Å²) >= 11 is 6.14. The molecule has 0 amide bonds. The number of hydrogen-bond donors (Lipinski definition) is 0. The van der Waals surface area contributed by atoms with Crippen molar-refractivity contribution >= 4 is 23.4 Å². The Labute approximate surface area is 294 Å². The molecular weight excluding hydrogens is 679 g/mol. The Morgan fingerprint density at radius 3 is 2.14 bits per heavy atom. The Morgan fingerprint density at radius 1 is 0.960 bits per heavy atom. The van der Waals surface area contributed by atoms with Gasteiger partial charge in [0.2, 0.25) is 0 Å². The van der Waals surface area contributed by atoms with E-state index in [1.165, 1.54) is 43.5 Å². The molecule has 6 nitrogen and oxygen atoms in total. The van der Waals surface area contributed by atoms with Crippen LogP contribution in [0.15, 0.2) is 35.3 Å². The zero-order chi connectivity index (χ0) is 37.1. The lowest BCUT2D eigenvalue weighted by atomic mass is 9.83. The number of nitrogens with zero attached hydrogens (tertiary/aromatic N) is 2. The van der Waals surface area contributed by atoms with E-state index in [4.69, 9.17) is 16.3 Å². The number of ketones is 1. The van der Waals surface area contributed by atoms with Crippen LogP contribution in [0, 0.1) is 38.3 Å². The van der Waals surface area contributed by atoms with Gasteiger partial charge in [0.25, 0.3) is 5.56 Å². The summed E-state index contributed by atoms with van der Waals surface area (Å²) < 4.78 is 82.3. The molecule has 2 atom stereocenters. The average Bonchev–Trinajstić information content (AvgIpc) is 2.96. The van der Waals surface area contributed by atoms with Gasteiger partial charge < -0.3 is 14.2 Å². The van der Waals surface area contributed by atoms with Crippen LogP contribution < -0.4 is 5.56 Å². The van der Waals surface area contributed by atoms with Crippen LogP contribution >= 0.6 is 11.6 Å². The van der Waals surface area contributed by atoms with E-state index in [2.05, 4.69) is 4.90 Å². The number of alkyl halides is 3. The first-order valence-corrected chi connectivity index (χ1v) is 17.3. The van der Waals surface area contributed by atoms with Crippen molar-refractivity contribution in [3.63, 3.8) is 0 Å². The molecule has 272 valence electrons. The molecule has 0 spiro atoms. The fourth-order valence-electron chi connectivity index (χ4n) is 6.74. The molecule has 0 saturated carbocycles. The van der Waals surface area contributed by atoms with Crippen molar-refractivity contribution in [2.24, 2.45) is 5.92 Å². The number of Topliss-reactive ketones (excluding diaryl/α,β-unsaturated/α-hetero) is 1. The maximum atomic E-state index is 16.7. The molecule has 0 radical (unpaired) electrons. The number of likely N-dealkylation sites (tertiary alicyclic amines) is 1. The van der Waals surface area contributed by atoms with Crippen LogP contribution in [0.25, 0.3) is 11.1 Å². The van der Waals surface area contributed by atoms with Crippen LogP contribution in [0.3, 0.4) is 0 Å². The normalized spacial score (nSPS) is 14.8. The SMILES string of the molecule is CCOC(=O)C[C@H](CC(=O)C(CC(C)C)n1cc(CCN2CCC2)c(C)cc1=O)c1c(F)c(-c2c(C)cc(Cl)cc2C)cc(C(F)(F)F)c1F. The summed E-state index contributed by atoms with van der Waals surface area (Å²) in [5, 5.41) is 0.277. The van der Waals surface area contributed by atoms with Crippen molar-refractivity contribution in [2.45, 2.75) is 91.8 Å². The zero-order valence-electron chi connectivity index (χ0n) is 29.3. The standard InChI is InChI=1S/C38H44ClF5N2O4/c1-7-50-33(49)18-26(35-36(40)28(19-29(37(35)41)38(42,43)44)34-23(5)14-27(39)15-24(34)6)17-31(47)30(13-21(2)3)46-20-25(22(4)16-32(46)48)9-12-45-10-8-11-45/h14-16,19-21,26,30H,7-13,17-18H2,1-6H3/t26-,30?/m0/s1. The number of halogens is 6. The third-order valence-corrected chi connectivity index (χ3v) is 9.54. The molecule has 1 aliphatic heterocycles. The number of ether oxygens (including phenoxy) is 1. The molecule has 3 aromatic rings. The van der Waals surface area contributed by atoms with Gasteiger partial charge in [0.15, 0.2) is 5.78 Å². The minimum atomic E-state index is -5.24. The summed E-state index contributed by atoms with van der Waals surface area (Å²) in [7, 11) is 0. The number of aryl methyl sites for hydroxylation is 3. The van der Waals surface area contributed by atoms with Gasteiger partial charge in [-0.15, -0.1) is 0 Å². The lowest BCUT2D eigenvalue weighted by Gasteiger charge is -2.31. The van der Waals surface area contributed by atoms with E-state index in [1.807, 2.05) is 20.8 Å². The molecule has 0 N–H and O–H groups in total. The molecule has 2 heterocycles. The molecule has 50 heavy (non-hydrogen) atoms. The summed E-state index contributed by atoms with van der Waals surface area (Å²) in [6.45, 7) is 12.7. The third-order valence-electron chi connectivity index (χ3n) is 9.33. The topological polar surface area (TPSA) is 68.6 Å². The van der Waals surface area contributed by atoms with Crippen LogP contribution in [-0.4, -0.2) is 47.5 Å². The number of esters is 1. The molecule has 1 aromatic heterocycles. The van der Waals surface area contributed by atoms with Crippen molar-refractivity contribution in [1.82, 2.24) is 9.47 Å². The second kappa shape index (κ2) is 16.2. The van der Waals surface area contributed by atoms with Gasteiger partial charge >= 0.3 is 12.1 Å². The van der Waals surface area contributed by atoms with E-state index in [1.54, 1.807) is 6.20 Å². The number of rotatable bonds is 14. The predicted molar refractivity (Wildman–Crippen MR) is 184 cm³/mol. The minimum absolute atomic E-state index is 0.0782. The van der Waals surface area contributed by atoms with Gasteiger partial charge in [0.05, 0.1) is 24.6 Å². The van der Waals surface area contributed by atoms with Gasteiger partial charge in [-0.1, -0.05) is 25.4 Å². The Kier molecular flexibility index (Phi) is 12.7. The van der Waals surface area contributed by atoms with E-state index in [-0.39, 0.29) is 29.5 Å². The van der Waals surface area contributed by atoms with Crippen LogP contribution in [0.5, 0.6) is 0 Å². The fraction of sp³-hybridized carbons (Fsp3) is 0.500. The van der Waals surface area contributed by atoms with Crippen LogP contribution in [-0.2, 0) is 26.9 Å². The van der Waals surface area contributed by atoms with Gasteiger partial charge in [0.1, 0.15) is 11.6 Å². The number of pyridine rings is 1. The third kappa shape index (κ3) is 9.01. The molecule has 1 aliphatic rings. The Hall–Kier alpha value is -3.57. The van der Waals surface area contributed by atoms with E-state index < -0.39 is 76.6 Å². The molecule has 1 saturated heterocycles. The number of carbonyl (C=O) groups is 2. The van der Waals surface area contributed by atoms with Gasteiger partial charge in [-0.3, -0.25) is 14.4 Å². The van der Waals surface area contributed by atoms with Gasteiger partial charge in [-0.2, -0.15) is 13.2 Å². The van der Waals surface area contributed by atoms with Crippen molar-refractivity contribution in [2.75, 3.05) is 26.2 Å². The van der Waals surface area contributed by atoms with Crippen LogP contribution in [0.4, 0.5) is 22.0 Å². The summed E-state index contributed by atoms with van der Waals surface area (Å²) in [6, 6.07) is 3.65. The molecular formula is C38H44ClF5N2O4.